The molecular formula is C12H15N3. The lowest BCUT2D eigenvalue weighted by atomic mass is 10.1. The number of aromatic nitrogens is 2. The van der Waals surface area contributed by atoms with Crippen molar-refractivity contribution in [2.75, 3.05) is 0 Å². The fourth-order valence-corrected chi connectivity index (χ4v) is 2.45. The largest absolute Gasteiger partial charge is 0.327 e. The molecule has 0 bridgehead atoms. The number of nitrogens with two attached hydrogens (primary N) is 1. The molecular weight excluding hydrogens is 186 g/mol. The van der Waals surface area contributed by atoms with Gasteiger partial charge in [-0.05, 0) is 11.5 Å². The van der Waals surface area contributed by atoms with Crippen molar-refractivity contribution in [2.45, 2.75) is 25.8 Å². The molecule has 0 unspecified atom stereocenters. The summed E-state index contributed by atoms with van der Waals surface area (Å²) < 4.78 is 0. The summed E-state index contributed by atoms with van der Waals surface area (Å²) in [5.41, 5.74) is 8.51. The highest BCUT2D eigenvalue weighted by Crippen LogP contribution is 2.57. The first kappa shape index (κ1) is 8.92. The lowest BCUT2D eigenvalue weighted by Gasteiger charge is -1.99. The van der Waals surface area contributed by atoms with E-state index >= 15 is 0 Å². The van der Waals surface area contributed by atoms with E-state index in [-0.39, 0.29) is 11.5 Å². The molecule has 1 aromatic carbocycles. The Bertz CT molecular complexity index is 512. The number of nitrogens with zero attached hydrogens (tertiary/aromatic N) is 1. The van der Waals surface area contributed by atoms with Gasteiger partial charge in [-0.15, -0.1) is 0 Å². The molecule has 15 heavy (non-hydrogen) atoms. The van der Waals surface area contributed by atoms with Gasteiger partial charge in [0.1, 0.15) is 0 Å². The second kappa shape index (κ2) is 2.61. The third kappa shape index (κ3) is 1.07. The standard InChI is InChI=1S/C12H15N3/c1-12(2)9(11(12)13)10-7-5-3-4-6-8(7)14-15-10/h3-6,9,11H,13H2,1-2H3,(H,14,15)/t9-,11-/m0/s1. The molecule has 1 fully saturated rings. The minimum Gasteiger partial charge on any atom is -0.327 e. The van der Waals surface area contributed by atoms with Gasteiger partial charge in [0.05, 0.1) is 5.52 Å². The smallest absolute Gasteiger partial charge is 0.0923 e. The fourth-order valence-electron chi connectivity index (χ4n) is 2.45. The molecule has 0 radical (unpaired) electrons. The maximum atomic E-state index is 6.08. The van der Waals surface area contributed by atoms with Crippen molar-refractivity contribution in [1.82, 2.24) is 10.2 Å². The lowest BCUT2D eigenvalue weighted by Crippen LogP contribution is -2.06. The van der Waals surface area contributed by atoms with Crippen LogP contribution in [0.5, 0.6) is 0 Å². The predicted molar refractivity (Wildman–Crippen MR) is 60.6 cm³/mol. The number of fused-ring (bicyclic) bond motifs is 1. The maximum Gasteiger partial charge on any atom is 0.0923 e. The average molecular weight is 201 g/mol. The van der Waals surface area contributed by atoms with E-state index in [1.807, 2.05) is 18.2 Å². The van der Waals surface area contributed by atoms with Crippen LogP contribution in [0.1, 0.15) is 25.5 Å². The van der Waals surface area contributed by atoms with E-state index < -0.39 is 0 Å². The molecule has 3 nitrogen and oxygen atoms in total. The number of aromatic amines is 1. The zero-order valence-electron chi connectivity index (χ0n) is 8.99. The van der Waals surface area contributed by atoms with E-state index in [1.165, 1.54) is 11.1 Å². The highest BCUT2D eigenvalue weighted by atomic mass is 15.1. The molecule has 0 amide bonds. The predicted octanol–water partition coefficient (Wildman–Crippen LogP) is 2.01. The van der Waals surface area contributed by atoms with Crippen LogP contribution in [-0.4, -0.2) is 16.2 Å². The van der Waals surface area contributed by atoms with Gasteiger partial charge in [0.15, 0.2) is 0 Å². The zero-order chi connectivity index (χ0) is 10.6. The van der Waals surface area contributed by atoms with E-state index in [0.29, 0.717) is 5.92 Å². The summed E-state index contributed by atoms with van der Waals surface area (Å²) in [7, 11) is 0. The molecule has 2 aromatic rings. The highest BCUT2D eigenvalue weighted by molar-refractivity contribution is 5.82. The van der Waals surface area contributed by atoms with E-state index in [2.05, 4.69) is 30.1 Å². The van der Waals surface area contributed by atoms with Crippen LogP contribution in [0.3, 0.4) is 0 Å². The summed E-state index contributed by atoms with van der Waals surface area (Å²) in [6.07, 6.45) is 0. The Balaban J connectivity index is 2.14. The maximum absolute atomic E-state index is 6.08. The van der Waals surface area contributed by atoms with E-state index in [4.69, 9.17) is 5.73 Å². The summed E-state index contributed by atoms with van der Waals surface area (Å²) in [5, 5.41) is 8.64. The van der Waals surface area contributed by atoms with Crippen molar-refractivity contribution < 1.29 is 0 Å². The minimum absolute atomic E-state index is 0.204. The SMILES string of the molecule is CC1(C)[C@@H](N)[C@@H]1c1[nH]nc2ccccc12. The lowest BCUT2D eigenvalue weighted by molar-refractivity contribution is 0.596. The zero-order valence-corrected chi connectivity index (χ0v) is 8.99. The molecule has 1 saturated carbocycles. The molecule has 1 heterocycles. The molecule has 3 heteroatoms. The Kier molecular flexibility index (Phi) is 1.55. The van der Waals surface area contributed by atoms with Gasteiger partial charge in [-0.1, -0.05) is 32.0 Å². The quantitative estimate of drug-likeness (QED) is 0.741. The molecule has 3 N–H and O–H groups in total. The summed E-state index contributed by atoms with van der Waals surface area (Å²) in [6, 6.07) is 8.43. The third-order valence-corrected chi connectivity index (χ3v) is 3.71. The van der Waals surface area contributed by atoms with Crippen LogP contribution >= 0.6 is 0 Å². The number of H-pyrrole nitrogens is 1. The fraction of sp³-hybridized carbons (Fsp3) is 0.417. The number of hydrogen-bond donors (Lipinski definition) is 2. The molecule has 0 spiro atoms. The van der Waals surface area contributed by atoms with E-state index in [9.17, 15) is 0 Å². The number of hydrogen-bond acceptors (Lipinski definition) is 2. The molecule has 1 aliphatic carbocycles. The third-order valence-electron chi connectivity index (χ3n) is 3.71. The van der Waals surface area contributed by atoms with Gasteiger partial charge in [0.2, 0.25) is 0 Å². The van der Waals surface area contributed by atoms with Gasteiger partial charge < -0.3 is 5.73 Å². The first-order chi connectivity index (χ1) is 7.12. The first-order valence-corrected chi connectivity index (χ1v) is 5.31. The second-order valence-electron chi connectivity index (χ2n) is 4.98. The van der Waals surface area contributed by atoms with Crippen LogP contribution in [0.15, 0.2) is 24.3 Å². The topological polar surface area (TPSA) is 54.7 Å². The number of nitrogens with one attached hydrogen (secondary N) is 1. The van der Waals surface area contributed by atoms with Crippen LogP contribution in [0.2, 0.25) is 0 Å². The Morgan fingerprint density at radius 3 is 2.67 bits per heavy atom. The Hall–Kier alpha value is -1.35. The van der Waals surface area contributed by atoms with Gasteiger partial charge in [-0.3, -0.25) is 5.10 Å². The number of rotatable bonds is 1. The van der Waals surface area contributed by atoms with Crippen LogP contribution in [-0.2, 0) is 0 Å². The monoisotopic (exact) mass is 201 g/mol. The van der Waals surface area contributed by atoms with Crippen molar-refractivity contribution in [3.8, 4) is 0 Å². The van der Waals surface area contributed by atoms with Gasteiger partial charge in [-0.2, -0.15) is 5.10 Å². The summed E-state index contributed by atoms with van der Waals surface area (Å²) in [6.45, 7) is 4.41. The average Bonchev–Trinajstić information content (AvgIpc) is 2.63. The van der Waals surface area contributed by atoms with Crippen molar-refractivity contribution in [3.63, 3.8) is 0 Å². The normalized spacial score (nSPS) is 28.2. The van der Waals surface area contributed by atoms with Crippen molar-refractivity contribution >= 4 is 10.9 Å². The van der Waals surface area contributed by atoms with Gasteiger partial charge >= 0.3 is 0 Å². The molecule has 1 aromatic heterocycles. The van der Waals surface area contributed by atoms with Crippen LogP contribution in [0.4, 0.5) is 0 Å². The van der Waals surface area contributed by atoms with Crippen molar-refractivity contribution in [3.05, 3.63) is 30.0 Å². The van der Waals surface area contributed by atoms with Crippen molar-refractivity contribution in [1.29, 1.82) is 0 Å². The molecule has 0 aliphatic heterocycles. The van der Waals surface area contributed by atoms with E-state index in [0.717, 1.165) is 5.52 Å². The minimum atomic E-state index is 0.204. The second-order valence-corrected chi connectivity index (χ2v) is 4.98. The molecule has 2 atom stereocenters. The Morgan fingerprint density at radius 1 is 1.33 bits per heavy atom. The molecule has 3 rings (SSSR count). The molecule has 78 valence electrons. The summed E-state index contributed by atoms with van der Waals surface area (Å²) in [5.74, 6) is 0.421. The summed E-state index contributed by atoms with van der Waals surface area (Å²) in [4.78, 5) is 0. The van der Waals surface area contributed by atoms with Gasteiger partial charge in [0.25, 0.3) is 0 Å². The Morgan fingerprint density at radius 2 is 2.00 bits per heavy atom. The highest BCUT2D eigenvalue weighted by Gasteiger charge is 2.57. The van der Waals surface area contributed by atoms with E-state index in [1.54, 1.807) is 0 Å². The van der Waals surface area contributed by atoms with Crippen LogP contribution in [0, 0.1) is 5.41 Å². The van der Waals surface area contributed by atoms with Crippen molar-refractivity contribution in [2.24, 2.45) is 11.1 Å². The Labute approximate surface area is 88.7 Å². The van der Waals surface area contributed by atoms with Gasteiger partial charge in [0, 0.05) is 23.0 Å². The number of para-hydroxylation sites is 1. The first-order valence-electron chi connectivity index (χ1n) is 5.31. The number of benzene rings is 1. The molecule has 0 saturated heterocycles. The van der Waals surface area contributed by atoms with Gasteiger partial charge in [-0.25, -0.2) is 0 Å². The summed E-state index contributed by atoms with van der Waals surface area (Å²) >= 11 is 0. The molecule has 1 aliphatic rings. The van der Waals surface area contributed by atoms with Crippen LogP contribution in [0.25, 0.3) is 10.9 Å². The van der Waals surface area contributed by atoms with Crippen LogP contribution < -0.4 is 5.73 Å².